The molecule has 1 heterocycles. The molecule has 106 valence electrons. The number of nitro groups is 1. The second-order valence-corrected chi connectivity index (χ2v) is 3.79. The first kappa shape index (κ1) is 14.0. The molecule has 0 spiro atoms. The number of nitrogens with two attached hydrogens (primary N) is 1. The van der Waals surface area contributed by atoms with Gasteiger partial charge in [-0.15, -0.1) is 0 Å². The van der Waals surface area contributed by atoms with E-state index >= 15 is 0 Å². The van der Waals surface area contributed by atoms with Gasteiger partial charge in [0.1, 0.15) is 5.82 Å². The van der Waals surface area contributed by atoms with Crippen molar-refractivity contribution in [1.82, 2.24) is 10.1 Å². The first-order valence-electron chi connectivity index (χ1n) is 5.28. The lowest BCUT2D eigenvalue weighted by Gasteiger charge is -2.00. The van der Waals surface area contributed by atoms with Gasteiger partial charge in [0.2, 0.25) is 5.82 Å². The number of rotatable bonds is 4. The summed E-state index contributed by atoms with van der Waals surface area (Å²) in [6.07, 6.45) is 0. The lowest BCUT2D eigenvalue weighted by atomic mass is 10.1. The summed E-state index contributed by atoms with van der Waals surface area (Å²) in [5.41, 5.74) is 3.82. The summed E-state index contributed by atoms with van der Waals surface area (Å²) in [6, 6.07) is 0.166. The summed E-state index contributed by atoms with van der Waals surface area (Å²) in [7, 11) is 0. The molecule has 2 aromatic rings. The average Bonchev–Trinajstić information content (AvgIpc) is 2.89. The molecule has 8 nitrogen and oxygen atoms in total. The van der Waals surface area contributed by atoms with E-state index < -0.39 is 46.3 Å². The van der Waals surface area contributed by atoms with Crippen molar-refractivity contribution in [3.05, 3.63) is 39.7 Å². The molecule has 0 fully saturated rings. The van der Waals surface area contributed by atoms with Gasteiger partial charge in [0.05, 0.1) is 29.2 Å². The fourth-order valence-electron chi connectivity index (χ4n) is 1.44. The van der Waals surface area contributed by atoms with Crippen molar-refractivity contribution in [2.75, 3.05) is 6.61 Å². The van der Waals surface area contributed by atoms with Crippen LogP contribution in [-0.2, 0) is 0 Å². The highest BCUT2D eigenvalue weighted by Gasteiger charge is 2.25. The predicted molar refractivity (Wildman–Crippen MR) is 60.3 cm³/mol. The Balaban J connectivity index is 2.52. The van der Waals surface area contributed by atoms with Gasteiger partial charge >= 0.3 is 5.69 Å². The number of aliphatic hydroxyl groups excluding tert-OH is 1. The number of aliphatic hydroxyl groups is 1. The molecule has 1 aromatic heterocycles. The summed E-state index contributed by atoms with van der Waals surface area (Å²) in [4.78, 5) is 13.2. The van der Waals surface area contributed by atoms with Gasteiger partial charge in [-0.2, -0.15) is 9.37 Å². The zero-order valence-corrected chi connectivity index (χ0v) is 9.79. The summed E-state index contributed by atoms with van der Waals surface area (Å²) in [5, 5.41) is 22.8. The highest BCUT2D eigenvalue weighted by atomic mass is 19.1. The molecule has 1 aromatic carbocycles. The second kappa shape index (κ2) is 5.27. The van der Waals surface area contributed by atoms with Crippen molar-refractivity contribution in [1.29, 1.82) is 0 Å². The van der Waals surface area contributed by atoms with E-state index in [-0.39, 0.29) is 5.82 Å². The molecule has 1 atom stereocenters. The van der Waals surface area contributed by atoms with E-state index in [9.17, 15) is 18.9 Å². The van der Waals surface area contributed by atoms with E-state index in [0.29, 0.717) is 12.1 Å². The Labute approximate surface area is 110 Å². The number of aromatic nitrogens is 2. The summed E-state index contributed by atoms with van der Waals surface area (Å²) in [6.45, 7) is -0.481. The van der Waals surface area contributed by atoms with Gasteiger partial charge in [0.25, 0.3) is 5.89 Å². The minimum Gasteiger partial charge on any atom is -0.394 e. The first-order chi connectivity index (χ1) is 9.43. The van der Waals surface area contributed by atoms with Crippen LogP contribution in [0.2, 0.25) is 0 Å². The topological polar surface area (TPSA) is 128 Å². The summed E-state index contributed by atoms with van der Waals surface area (Å²) in [5.74, 6) is -2.93. The van der Waals surface area contributed by atoms with Gasteiger partial charge < -0.3 is 15.4 Å². The standard InChI is InChI=1S/C10H8F2N4O4/c11-4-1-5(8(12)7(2-4)16(18)19)10-14-9(15-20-10)6(13)3-17/h1-2,6,17H,3,13H2. The molecule has 0 radical (unpaired) electrons. The smallest absolute Gasteiger partial charge is 0.308 e. The number of benzene rings is 1. The van der Waals surface area contributed by atoms with Crippen LogP contribution >= 0.6 is 0 Å². The molecule has 2 rings (SSSR count). The van der Waals surface area contributed by atoms with Gasteiger partial charge in [-0.25, -0.2) is 4.39 Å². The largest absolute Gasteiger partial charge is 0.394 e. The maximum Gasteiger partial charge on any atom is 0.308 e. The van der Waals surface area contributed by atoms with E-state index in [0.717, 1.165) is 0 Å². The number of nitrogens with zero attached hydrogens (tertiary/aromatic N) is 3. The number of nitro benzene ring substituents is 1. The van der Waals surface area contributed by atoms with Crippen LogP contribution in [0.5, 0.6) is 0 Å². The molecule has 0 aliphatic rings. The molecule has 0 saturated carbocycles. The minimum absolute atomic E-state index is 0.131. The molecule has 0 amide bonds. The maximum absolute atomic E-state index is 13.9. The Hall–Kier alpha value is -2.46. The second-order valence-electron chi connectivity index (χ2n) is 3.79. The van der Waals surface area contributed by atoms with Crippen molar-refractivity contribution in [2.24, 2.45) is 5.73 Å². The first-order valence-corrected chi connectivity index (χ1v) is 5.28. The van der Waals surface area contributed by atoms with Crippen LogP contribution in [-0.4, -0.2) is 26.8 Å². The molecule has 3 N–H and O–H groups in total. The van der Waals surface area contributed by atoms with Crippen LogP contribution in [0.3, 0.4) is 0 Å². The van der Waals surface area contributed by atoms with Crippen LogP contribution in [0.1, 0.15) is 11.9 Å². The van der Waals surface area contributed by atoms with Gasteiger partial charge in [-0.1, -0.05) is 5.16 Å². The Bertz CT molecular complexity index is 661. The van der Waals surface area contributed by atoms with Crippen LogP contribution in [0.25, 0.3) is 11.5 Å². The Kier molecular flexibility index (Phi) is 3.68. The van der Waals surface area contributed by atoms with Crippen molar-refractivity contribution < 1.29 is 23.3 Å². The molecular formula is C10H8F2N4O4. The molecule has 20 heavy (non-hydrogen) atoms. The third-order valence-corrected chi connectivity index (χ3v) is 2.42. The fourth-order valence-corrected chi connectivity index (χ4v) is 1.44. The SMILES string of the molecule is NC(CO)c1noc(-c2cc(F)cc([N+](=O)[O-])c2F)n1. The molecule has 10 heteroatoms. The van der Waals surface area contributed by atoms with Crippen LogP contribution in [0.15, 0.2) is 16.7 Å². The Morgan fingerprint density at radius 2 is 2.20 bits per heavy atom. The third kappa shape index (κ3) is 2.46. The molecular weight excluding hydrogens is 278 g/mol. The zero-order valence-electron chi connectivity index (χ0n) is 9.79. The van der Waals surface area contributed by atoms with Crippen LogP contribution < -0.4 is 5.73 Å². The van der Waals surface area contributed by atoms with Crippen LogP contribution in [0, 0.1) is 21.7 Å². The lowest BCUT2D eigenvalue weighted by molar-refractivity contribution is -0.387. The quantitative estimate of drug-likeness (QED) is 0.631. The minimum atomic E-state index is -1.30. The third-order valence-electron chi connectivity index (χ3n) is 2.42. The van der Waals surface area contributed by atoms with Crippen molar-refractivity contribution in [3.8, 4) is 11.5 Å². The Morgan fingerprint density at radius 3 is 2.80 bits per heavy atom. The zero-order chi connectivity index (χ0) is 14.9. The van der Waals surface area contributed by atoms with Crippen LogP contribution in [0.4, 0.5) is 14.5 Å². The summed E-state index contributed by atoms with van der Waals surface area (Å²) < 4.78 is 31.8. The van der Waals surface area contributed by atoms with E-state index in [1.165, 1.54) is 0 Å². The van der Waals surface area contributed by atoms with E-state index in [1.807, 2.05) is 0 Å². The van der Waals surface area contributed by atoms with Gasteiger partial charge in [0.15, 0.2) is 5.82 Å². The van der Waals surface area contributed by atoms with Crippen molar-refractivity contribution in [2.45, 2.75) is 6.04 Å². The highest BCUT2D eigenvalue weighted by Crippen LogP contribution is 2.29. The predicted octanol–water partition coefficient (Wildman–Crippen LogP) is 0.915. The number of halogens is 2. The normalized spacial score (nSPS) is 12.4. The van der Waals surface area contributed by atoms with E-state index in [4.69, 9.17) is 10.8 Å². The van der Waals surface area contributed by atoms with Crippen molar-refractivity contribution >= 4 is 5.69 Å². The lowest BCUT2D eigenvalue weighted by Crippen LogP contribution is -2.15. The van der Waals surface area contributed by atoms with Gasteiger partial charge in [-0.3, -0.25) is 10.1 Å². The monoisotopic (exact) mass is 286 g/mol. The number of hydrogen-bond acceptors (Lipinski definition) is 7. The summed E-state index contributed by atoms with van der Waals surface area (Å²) >= 11 is 0. The number of hydrogen-bond donors (Lipinski definition) is 2. The molecule has 0 aliphatic carbocycles. The molecule has 0 saturated heterocycles. The van der Waals surface area contributed by atoms with Gasteiger partial charge in [-0.05, 0) is 6.07 Å². The van der Waals surface area contributed by atoms with Gasteiger partial charge in [0, 0.05) is 0 Å². The van der Waals surface area contributed by atoms with E-state index in [2.05, 4.69) is 14.7 Å². The van der Waals surface area contributed by atoms with E-state index in [1.54, 1.807) is 0 Å². The van der Waals surface area contributed by atoms with Crippen molar-refractivity contribution in [3.63, 3.8) is 0 Å². The average molecular weight is 286 g/mol. The highest BCUT2D eigenvalue weighted by molar-refractivity contribution is 5.59. The molecule has 1 unspecified atom stereocenters. The molecule has 0 aliphatic heterocycles. The Morgan fingerprint density at radius 1 is 1.50 bits per heavy atom. The maximum atomic E-state index is 13.9. The fraction of sp³-hybridized carbons (Fsp3) is 0.200. The molecule has 0 bridgehead atoms.